The highest BCUT2D eigenvalue weighted by Gasteiger charge is 2.30. The molecule has 0 aliphatic heterocycles. The summed E-state index contributed by atoms with van der Waals surface area (Å²) in [5.41, 5.74) is 1.68. The molecule has 3 N–H and O–H groups in total. The molecule has 3 rings (SSSR count). The van der Waals surface area contributed by atoms with Crippen LogP contribution in [0.4, 0.5) is 0 Å². The fourth-order valence-corrected chi connectivity index (χ4v) is 4.46. The Kier molecular flexibility index (Phi) is 8.27. The second kappa shape index (κ2) is 10.9. The van der Waals surface area contributed by atoms with Crippen LogP contribution in [-0.2, 0) is 16.1 Å². The highest BCUT2D eigenvalue weighted by Crippen LogP contribution is 2.28. The Labute approximate surface area is 195 Å². The van der Waals surface area contributed by atoms with Gasteiger partial charge in [-0.3, -0.25) is 9.59 Å². The normalized spacial score (nSPS) is 13.6. The number of aromatic nitrogens is 2. The highest BCUT2D eigenvalue weighted by molar-refractivity contribution is 6.43. The number of fused-ring (bicyclic) bond motifs is 3. The predicted octanol–water partition coefficient (Wildman–Crippen LogP) is 3.35. The van der Waals surface area contributed by atoms with Gasteiger partial charge in [0, 0.05) is 29.3 Å². The molecule has 0 spiro atoms. The summed E-state index contributed by atoms with van der Waals surface area (Å²) in [5, 5.41) is 24.2. The molecule has 7 nitrogen and oxygen atoms in total. The number of nitrogens with zero attached hydrogens (tertiary/aromatic N) is 2. The summed E-state index contributed by atoms with van der Waals surface area (Å²) in [6.45, 7) is 8.05. The third kappa shape index (κ3) is 6.21. The first-order valence-electron chi connectivity index (χ1n) is 11.7. The molecule has 0 fully saturated rings. The second-order valence-electron chi connectivity index (χ2n) is 9.71. The number of Topliss-reactive ketones (excluding diaryl/α,β-unsaturated/α-hetero) is 1. The summed E-state index contributed by atoms with van der Waals surface area (Å²) in [6, 6.07) is 11.8. The number of pyridine rings is 1. The molecule has 8 heteroatoms. The Balaban J connectivity index is 1.80. The maximum Gasteiger partial charge on any atom is 0.475 e. The van der Waals surface area contributed by atoms with Gasteiger partial charge in [0.25, 0.3) is 0 Å². The van der Waals surface area contributed by atoms with E-state index < -0.39 is 19.0 Å². The lowest BCUT2D eigenvalue weighted by Gasteiger charge is -2.24. The molecule has 1 aromatic carbocycles. The average Bonchev–Trinajstić information content (AvgIpc) is 3.06. The summed E-state index contributed by atoms with van der Waals surface area (Å²) in [4.78, 5) is 30.7. The quantitative estimate of drug-likeness (QED) is 0.388. The summed E-state index contributed by atoms with van der Waals surface area (Å²) < 4.78 is 1.91. The highest BCUT2D eigenvalue weighted by atomic mass is 16.4. The van der Waals surface area contributed by atoms with Crippen molar-refractivity contribution in [2.75, 3.05) is 0 Å². The SMILES string of the molecule is CC(C)C[C@H](CC(=O)Cn1c2ccccc2c2cccnc21)C(=O)N[C@@H](CC(C)C)B(O)O. The van der Waals surface area contributed by atoms with Crippen molar-refractivity contribution < 1.29 is 19.6 Å². The van der Waals surface area contributed by atoms with Gasteiger partial charge in [-0.05, 0) is 42.9 Å². The number of carbonyl (C=O) groups excluding carboxylic acids is 2. The van der Waals surface area contributed by atoms with Crippen molar-refractivity contribution in [1.82, 2.24) is 14.9 Å². The maximum atomic E-state index is 13.2. The van der Waals surface area contributed by atoms with E-state index in [0.29, 0.717) is 12.8 Å². The zero-order valence-electron chi connectivity index (χ0n) is 19.9. The van der Waals surface area contributed by atoms with Gasteiger partial charge in [-0.1, -0.05) is 45.9 Å². The maximum absolute atomic E-state index is 13.2. The second-order valence-corrected chi connectivity index (χ2v) is 9.71. The zero-order chi connectivity index (χ0) is 24.1. The van der Waals surface area contributed by atoms with Crippen molar-refractivity contribution in [3.05, 3.63) is 42.6 Å². The molecular weight excluding hydrogens is 417 g/mol. The number of rotatable bonds is 11. The Morgan fingerprint density at radius 1 is 1.00 bits per heavy atom. The van der Waals surface area contributed by atoms with Crippen LogP contribution in [0.2, 0.25) is 0 Å². The minimum Gasteiger partial charge on any atom is -0.426 e. The van der Waals surface area contributed by atoms with Crippen molar-refractivity contribution >= 4 is 40.7 Å². The van der Waals surface area contributed by atoms with Gasteiger partial charge < -0.3 is 19.9 Å². The van der Waals surface area contributed by atoms with E-state index in [4.69, 9.17) is 0 Å². The summed E-state index contributed by atoms with van der Waals surface area (Å²) in [7, 11) is -1.64. The number of benzene rings is 1. The largest absolute Gasteiger partial charge is 0.475 e. The number of nitrogens with one attached hydrogen (secondary N) is 1. The number of amides is 1. The van der Waals surface area contributed by atoms with E-state index in [9.17, 15) is 19.6 Å². The molecule has 0 aliphatic rings. The Morgan fingerprint density at radius 2 is 1.67 bits per heavy atom. The van der Waals surface area contributed by atoms with Crippen LogP contribution in [-0.4, -0.2) is 44.3 Å². The van der Waals surface area contributed by atoms with Gasteiger partial charge in [0.05, 0.1) is 18.0 Å². The van der Waals surface area contributed by atoms with Gasteiger partial charge >= 0.3 is 7.12 Å². The van der Waals surface area contributed by atoms with Crippen LogP contribution in [0.25, 0.3) is 21.9 Å². The van der Waals surface area contributed by atoms with Crippen LogP contribution in [0, 0.1) is 17.8 Å². The molecule has 3 aromatic rings. The first-order chi connectivity index (χ1) is 15.7. The van der Waals surface area contributed by atoms with Crippen LogP contribution in [0.3, 0.4) is 0 Å². The number of para-hydroxylation sites is 1. The van der Waals surface area contributed by atoms with E-state index in [-0.39, 0.29) is 36.5 Å². The predicted molar refractivity (Wildman–Crippen MR) is 131 cm³/mol. The molecule has 0 radical (unpaired) electrons. The number of hydrogen-bond acceptors (Lipinski definition) is 5. The Bertz CT molecular complexity index is 1060. The van der Waals surface area contributed by atoms with Crippen molar-refractivity contribution in [3.8, 4) is 0 Å². The lowest BCUT2D eigenvalue weighted by molar-refractivity contribution is -0.130. The molecule has 0 saturated heterocycles. The minimum absolute atomic E-state index is 0.0611. The van der Waals surface area contributed by atoms with E-state index in [0.717, 1.165) is 21.9 Å². The zero-order valence-corrected chi connectivity index (χ0v) is 19.9. The molecule has 2 atom stereocenters. The van der Waals surface area contributed by atoms with Gasteiger partial charge in [0.15, 0.2) is 5.78 Å². The van der Waals surface area contributed by atoms with Gasteiger partial charge in [0.1, 0.15) is 5.65 Å². The van der Waals surface area contributed by atoms with Gasteiger partial charge in [-0.2, -0.15) is 0 Å². The number of hydrogen-bond donors (Lipinski definition) is 3. The first-order valence-corrected chi connectivity index (χ1v) is 11.7. The Hall–Kier alpha value is -2.71. The van der Waals surface area contributed by atoms with Gasteiger partial charge in [0.2, 0.25) is 5.91 Å². The lowest BCUT2D eigenvalue weighted by atomic mass is 9.74. The number of ketones is 1. The third-order valence-electron chi connectivity index (χ3n) is 5.88. The smallest absolute Gasteiger partial charge is 0.426 e. The molecule has 0 aliphatic carbocycles. The molecule has 2 aromatic heterocycles. The van der Waals surface area contributed by atoms with E-state index in [1.54, 1.807) is 6.20 Å². The van der Waals surface area contributed by atoms with Crippen molar-refractivity contribution in [2.45, 2.75) is 59.4 Å². The van der Waals surface area contributed by atoms with E-state index in [1.165, 1.54) is 0 Å². The van der Waals surface area contributed by atoms with Crippen molar-refractivity contribution in [3.63, 3.8) is 0 Å². The van der Waals surface area contributed by atoms with Crippen LogP contribution in [0.5, 0.6) is 0 Å². The summed E-state index contributed by atoms with van der Waals surface area (Å²) in [6.07, 6.45) is 2.78. The fraction of sp³-hybridized carbons (Fsp3) is 0.480. The first kappa shape index (κ1) is 24.9. The number of carbonyl (C=O) groups is 2. The molecule has 0 unspecified atom stereocenters. The molecule has 176 valence electrons. The van der Waals surface area contributed by atoms with Crippen LogP contribution in [0.1, 0.15) is 47.0 Å². The van der Waals surface area contributed by atoms with E-state index in [2.05, 4.69) is 10.3 Å². The van der Waals surface area contributed by atoms with Gasteiger partial charge in [-0.25, -0.2) is 4.98 Å². The molecule has 2 heterocycles. The summed E-state index contributed by atoms with van der Waals surface area (Å²) in [5.74, 6) is -1.27. The molecule has 1 amide bonds. The van der Waals surface area contributed by atoms with Gasteiger partial charge in [-0.15, -0.1) is 0 Å². The molecule has 0 bridgehead atoms. The molecular formula is C25H34BN3O4. The molecule has 33 heavy (non-hydrogen) atoms. The van der Waals surface area contributed by atoms with Crippen molar-refractivity contribution in [2.24, 2.45) is 17.8 Å². The standard InChI is InChI=1S/C25H34BN3O4/c1-16(2)12-18(25(31)28-23(26(32)33)13-17(3)4)14-19(30)15-29-22-10-6-5-8-20(22)21-9-7-11-27-24(21)29/h5-11,16-18,23,32-33H,12-15H2,1-4H3,(H,28,31)/t18-,23+/m1/s1. The third-order valence-corrected chi connectivity index (χ3v) is 5.88. The Morgan fingerprint density at radius 3 is 2.33 bits per heavy atom. The fourth-order valence-electron chi connectivity index (χ4n) is 4.46. The summed E-state index contributed by atoms with van der Waals surface area (Å²) >= 11 is 0. The monoisotopic (exact) mass is 451 g/mol. The van der Waals surface area contributed by atoms with Crippen LogP contribution < -0.4 is 5.32 Å². The van der Waals surface area contributed by atoms with Crippen LogP contribution in [0.15, 0.2) is 42.6 Å². The van der Waals surface area contributed by atoms with E-state index in [1.807, 2.05) is 68.7 Å². The van der Waals surface area contributed by atoms with E-state index >= 15 is 0 Å². The topological polar surface area (TPSA) is 104 Å². The average molecular weight is 451 g/mol. The lowest BCUT2D eigenvalue weighted by Crippen LogP contribution is -2.49. The van der Waals surface area contributed by atoms with Crippen LogP contribution >= 0.6 is 0 Å². The molecule has 0 saturated carbocycles. The minimum atomic E-state index is -1.64. The van der Waals surface area contributed by atoms with Crippen molar-refractivity contribution in [1.29, 1.82) is 0 Å².